The number of carbonyl (C=O) groups is 2. The minimum Gasteiger partial charge on any atom is -0.294 e. The molecule has 0 amide bonds. The van der Waals surface area contributed by atoms with E-state index >= 15 is 0 Å². The molecule has 0 radical (unpaired) electrons. The lowest BCUT2D eigenvalue weighted by molar-refractivity contribution is -0.127. The van der Waals surface area contributed by atoms with Crippen LogP contribution in [-0.4, -0.2) is 24.8 Å². The lowest BCUT2D eigenvalue weighted by Crippen LogP contribution is -2.03. The van der Waals surface area contributed by atoms with Gasteiger partial charge in [0.1, 0.15) is 0 Å². The molecule has 0 spiro atoms. The van der Waals surface area contributed by atoms with Crippen molar-refractivity contribution in [1.29, 1.82) is 0 Å². The SMILES string of the molecule is O=CC(=O)C1=CC=NC1. The van der Waals surface area contributed by atoms with E-state index in [1.165, 1.54) is 6.21 Å². The molecule has 0 saturated heterocycles. The van der Waals surface area contributed by atoms with Crippen LogP contribution in [0.5, 0.6) is 0 Å². The molecule has 3 nitrogen and oxygen atoms in total. The van der Waals surface area contributed by atoms with Gasteiger partial charge in [-0.1, -0.05) is 0 Å². The molecule has 1 aliphatic heterocycles. The molecule has 0 fully saturated rings. The van der Waals surface area contributed by atoms with E-state index in [1.807, 2.05) is 0 Å². The molecule has 1 aliphatic rings. The van der Waals surface area contributed by atoms with E-state index in [-0.39, 0.29) is 0 Å². The van der Waals surface area contributed by atoms with Crippen LogP contribution in [0, 0.1) is 0 Å². The Balaban J connectivity index is 2.65. The summed E-state index contributed by atoms with van der Waals surface area (Å²) in [6.45, 7) is 0.359. The fraction of sp³-hybridized carbons (Fsp3) is 0.167. The van der Waals surface area contributed by atoms with Gasteiger partial charge in [0, 0.05) is 11.8 Å². The van der Waals surface area contributed by atoms with E-state index in [2.05, 4.69) is 4.99 Å². The molecule has 0 aliphatic carbocycles. The normalized spacial score (nSPS) is 15.3. The molecule has 0 unspecified atom stereocenters. The topological polar surface area (TPSA) is 46.5 Å². The summed E-state index contributed by atoms with van der Waals surface area (Å²) in [5, 5.41) is 0. The van der Waals surface area contributed by atoms with Gasteiger partial charge >= 0.3 is 0 Å². The molecule has 46 valence electrons. The third-order valence-corrected chi connectivity index (χ3v) is 1.07. The monoisotopic (exact) mass is 123 g/mol. The highest BCUT2D eigenvalue weighted by Gasteiger charge is 2.08. The van der Waals surface area contributed by atoms with Gasteiger partial charge in [-0.05, 0) is 6.08 Å². The number of allylic oxidation sites excluding steroid dienone is 1. The van der Waals surface area contributed by atoms with Crippen LogP contribution in [0.2, 0.25) is 0 Å². The second-order valence-electron chi connectivity index (χ2n) is 1.66. The van der Waals surface area contributed by atoms with Crippen molar-refractivity contribution in [2.75, 3.05) is 6.54 Å². The molecular weight excluding hydrogens is 118 g/mol. The first-order valence-electron chi connectivity index (χ1n) is 2.53. The molecular formula is C6H5NO2. The summed E-state index contributed by atoms with van der Waals surface area (Å²) < 4.78 is 0. The number of aldehydes is 1. The Kier molecular flexibility index (Phi) is 1.53. The van der Waals surface area contributed by atoms with Crippen LogP contribution >= 0.6 is 0 Å². The Labute approximate surface area is 52.1 Å². The van der Waals surface area contributed by atoms with Crippen LogP contribution < -0.4 is 0 Å². The molecule has 3 heteroatoms. The van der Waals surface area contributed by atoms with E-state index < -0.39 is 5.78 Å². The van der Waals surface area contributed by atoms with E-state index in [1.54, 1.807) is 6.08 Å². The highest BCUT2D eigenvalue weighted by atomic mass is 16.2. The number of rotatable bonds is 2. The van der Waals surface area contributed by atoms with Crippen LogP contribution in [-0.2, 0) is 9.59 Å². The molecule has 1 rings (SSSR count). The van der Waals surface area contributed by atoms with Gasteiger partial charge in [-0.3, -0.25) is 14.6 Å². The first kappa shape index (κ1) is 5.88. The standard InChI is InChI=1S/C6H5NO2/c8-4-6(9)5-1-2-7-3-5/h1-2,4H,3H2. The van der Waals surface area contributed by atoms with Crippen molar-refractivity contribution < 1.29 is 9.59 Å². The highest BCUT2D eigenvalue weighted by molar-refractivity contribution is 6.34. The number of aliphatic imine (C=N–C) groups is 1. The first-order valence-corrected chi connectivity index (χ1v) is 2.53. The zero-order valence-electron chi connectivity index (χ0n) is 4.70. The Morgan fingerprint density at radius 1 is 1.78 bits per heavy atom. The van der Waals surface area contributed by atoms with E-state index in [9.17, 15) is 9.59 Å². The Morgan fingerprint density at radius 2 is 2.56 bits per heavy atom. The zero-order valence-corrected chi connectivity index (χ0v) is 4.70. The quantitative estimate of drug-likeness (QED) is 0.376. The second kappa shape index (κ2) is 2.35. The van der Waals surface area contributed by atoms with Crippen LogP contribution in [0.3, 0.4) is 0 Å². The highest BCUT2D eigenvalue weighted by Crippen LogP contribution is 1.99. The smallest absolute Gasteiger partial charge is 0.223 e. The van der Waals surface area contributed by atoms with Gasteiger partial charge in [0.2, 0.25) is 5.78 Å². The van der Waals surface area contributed by atoms with E-state index in [0.29, 0.717) is 18.4 Å². The second-order valence-corrected chi connectivity index (χ2v) is 1.66. The Morgan fingerprint density at radius 3 is 3.00 bits per heavy atom. The molecule has 0 aromatic carbocycles. The van der Waals surface area contributed by atoms with Crippen LogP contribution in [0.15, 0.2) is 16.6 Å². The summed E-state index contributed by atoms with van der Waals surface area (Å²) >= 11 is 0. The summed E-state index contributed by atoms with van der Waals surface area (Å²) in [5.41, 5.74) is 0.477. The molecule has 0 bridgehead atoms. The number of hydrogen-bond donors (Lipinski definition) is 0. The summed E-state index contributed by atoms with van der Waals surface area (Å²) in [5.74, 6) is -0.465. The Hall–Kier alpha value is -1.25. The average Bonchev–Trinajstić information content (AvgIpc) is 2.37. The van der Waals surface area contributed by atoms with E-state index in [4.69, 9.17) is 0 Å². The molecule has 9 heavy (non-hydrogen) atoms. The lowest BCUT2D eigenvalue weighted by atomic mass is 10.2. The summed E-state index contributed by atoms with van der Waals surface area (Å²) in [7, 11) is 0. The van der Waals surface area contributed by atoms with Crippen LogP contribution in [0.4, 0.5) is 0 Å². The Bertz CT molecular complexity index is 203. The van der Waals surface area contributed by atoms with Crippen molar-refractivity contribution in [3.05, 3.63) is 11.6 Å². The van der Waals surface area contributed by atoms with Crippen molar-refractivity contribution in [3.8, 4) is 0 Å². The third kappa shape index (κ3) is 1.10. The average molecular weight is 123 g/mol. The van der Waals surface area contributed by atoms with Gasteiger partial charge < -0.3 is 0 Å². The van der Waals surface area contributed by atoms with Gasteiger partial charge in [-0.25, -0.2) is 0 Å². The molecule has 1 heterocycles. The van der Waals surface area contributed by atoms with Crippen molar-refractivity contribution in [1.82, 2.24) is 0 Å². The minimum atomic E-state index is -0.465. The number of Topliss-reactive ketones (excluding diaryl/α,β-unsaturated/α-hetero) is 1. The number of ketones is 1. The largest absolute Gasteiger partial charge is 0.294 e. The zero-order chi connectivity index (χ0) is 6.69. The maximum absolute atomic E-state index is 10.5. The third-order valence-electron chi connectivity index (χ3n) is 1.07. The number of carbonyl (C=O) groups excluding carboxylic acids is 2. The van der Waals surface area contributed by atoms with Gasteiger partial charge in [-0.15, -0.1) is 0 Å². The summed E-state index contributed by atoms with van der Waals surface area (Å²) in [6.07, 6.45) is 3.38. The number of nitrogens with zero attached hydrogens (tertiary/aromatic N) is 1. The fourth-order valence-electron chi connectivity index (χ4n) is 0.582. The summed E-state index contributed by atoms with van der Waals surface area (Å²) in [6, 6.07) is 0. The predicted octanol–water partition coefficient (Wildman–Crippen LogP) is -0.235. The maximum atomic E-state index is 10.5. The fourth-order valence-corrected chi connectivity index (χ4v) is 0.582. The summed E-state index contributed by atoms with van der Waals surface area (Å²) in [4.78, 5) is 24.1. The molecule has 0 N–H and O–H groups in total. The van der Waals surface area contributed by atoms with E-state index in [0.717, 1.165) is 0 Å². The van der Waals surface area contributed by atoms with Gasteiger partial charge in [-0.2, -0.15) is 0 Å². The minimum absolute atomic E-state index is 0.306. The lowest BCUT2D eigenvalue weighted by Gasteiger charge is -1.86. The van der Waals surface area contributed by atoms with Crippen LogP contribution in [0.25, 0.3) is 0 Å². The number of hydrogen-bond acceptors (Lipinski definition) is 3. The van der Waals surface area contributed by atoms with Crippen molar-refractivity contribution in [2.24, 2.45) is 4.99 Å². The van der Waals surface area contributed by atoms with Crippen molar-refractivity contribution in [2.45, 2.75) is 0 Å². The van der Waals surface area contributed by atoms with Gasteiger partial charge in [0.15, 0.2) is 6.29 Å². The first-order chi connectivity index (χ1) is 4.34. The van der Waals surface area contributed by atoms with Gasteiger partial charge in [0.25, 0.3) is 0 Å². The molecule has 0 saturated carbocycles. The molecule has 0 aromatic heterocycles. The maximum Gasteiger partial charge on any atom is 0.223 e. The predicted molar refractivity (Wildman–Crippen MR) is 32.5 cm³/mol. The van der Waals surface area contributed by atoms with Gasteiger partial charge in [0.05, 0.1) is 6.54 Å². The molecule has 0 atom stereocenters. The van der Waals surface area contributed by atoms with Crippen molar-refractivity contribution in [3.63, 3.8) is 0 Å². The molecule has 0 aromatic rings. The van der Waals surface area contributed by atoms with Crippen LogP contribution in [0.1, 0.15) is 0 Å². The van der Waals surface area contributed by atoms with Crippen molar-refractivity contribution >= 4 is 18.3 Å².